The average Bonchev–Trinajstić information content (AvgIpc) is 2.82. The van der Waals surface area contributed by atoms with Gasteiger partial charge in [0.15, 0.2) is 0 Å². The second kappa shape index (κ2) is 4.43. The molecule has 4 heteroatoms. The minimum absolute atomic E-state index is 0.539. The lowest BCUT2D eigenvalue weighted by Crippen LogP contribution is -2.29. The molecule has 0 bridgehead atoms. The van der Waals surface area contributed by atoms with Gasteiger partial charge >= 0.3 is 0 Å². The SMILES string of the molecule is CN1CCC(CNC2CC2)C1c1cscn1. The molecule has 2 atom stereocenters. The summed E-state index contributed by atoms with van der Waals surface area (Å²) in [5.74, 6) is 0.743. The normalized spacial score (nSPS) is 31.1. The van der Waals surface area contributed by atoms with Crippen molar-refractivity contribution in [2.75, 3.05) is 20.1 Å². The van der Waals surface area contributed by atoms with Crippen LogP contribution in [0.25, 0.3) is 0 Å². The van der Waals surface area contributed by atoms with Gasteiger partial charge in [-0.05, 0) is 38.8 Å². The van der Waals surface area contributed by atoms with Gasteiger partial charge in [-0.25, -0.2) is 4.98 Å². The third-order valence-electron chi connectivity index (χ3n) is 3.77. The molecule has 0 spiro atoms. The van der Waals surface area contributed by atoms with Crippen LogP contribution in [-0.4, -0.2) is 36.1 Å². The molecular formula is C12H19N3S. The van der Waals surface area contributed by atoms with Crippen molar-refractivity contribution in [3.05, 3.63) is 16.6 Å². The summed E-state index contributed by atoms with van der Waals surface area (Å²) in [6.07, 6.45) is 4.06. The van der Waals surface area contributed by atoms with E-state index in [0.717, 1.165) is 18.5 Å². The van der Waals surface area contributed by atoms with E-state index in [2.05, 4.69) is 27.6 Å². The predicted octanol–water partition coefficient (Wildman–Crippen LogP) is 1.89. The number of thiazole rings is 1. The first-order chi connectivity index (χ1) is 7.84. The van der Waals surface area contributed by atoms with E-state index < -0.39 is 0 Å². The Morgan fingerprint density at radius 1 is 1.50 bits per heavy atom. The van der Waals surface area contributed by atoms with Crippen LogP contribution < -0.4 is 5.32 Å². The van der Waals surface area contributed by atoms with Gasteiger partial charge in [0.25, 0.3) is 0 Å². The molecule has 1 aromatic heterocycles. The third kappa shape index (κ3) is 2.14. The summed E-state index contributed by atoms with van der Waals surface area (Å²) in [5, 5.41) is 5.86. The van der Waals surface area contributed by atoms with Crippen molar-refractivity contribution >= 4 is 11.3 Å². The first-order valence-electron chi connectivity index (χ1n) is 6.16. The summed E-state index contributed by atoms with van der Waals surface area (Å²) in [6, 6.07) is 1.36. The van der Waals surface area contributed by atoms with Gasteiger partial charge in [-0.3, -0.25) is 4.90 Å². The van der Waals surface area contributed by atoms with E-state index in [0.29, 0.717) is 6.04 Å². The zero-order valence-electron chi connectivity index (χ0n) is 9.72. The molecule has 1 aliphatic carbocycles. The maximum absolute atomic E-state index is 4.49. The Labute approximate surface area is 101 Å². The lowest BCUT2D eigenvalue weighted by atomic mass is 9.98. The minimum atomic E-state index is 0.539. The van der Waals surface area contributed by atoms with Crippen LogP contribution in [0.2, 0.25) is 0 Å². The standard InChI is InChI=1S/C12H19N3S/c1-15-5-4-9(6-13-10-2-3-10)12(15)11-7-16-8-14-11/h7-10,12-13H,2-6H2,1H3. The van der Waals surface area contributed by atoms with Gasteiger partial charge in [-0.2, -0.15) is 0 Å². The second-order valence-electron chi connectivity index (χ2n) is 5.07. The van der Waals surface area contributed by atoms with Gasteiger partial charge in [0.2, 0.25) is 0 Å². The van der Waals surface area contributed by atoms with E-state index in [4.69, 9.17) is 0 Å². The first kappa shape index (κ1) is 10.7. The zero-order chi connectivity index (χ0) is 11.0. The molecule has 2 unspecified atom stereocenters. The van der Waals surface area contributed by atoms with Crippen LogP contribution in [0, 0.1) is 5.92 Å². The number of nitrogens with zero attached hydrogens (tertiary/aromatic N) is 2. The summed E-state index contributed by atoms with van der Waals surface area (Å²) in [6.45, 7) is 2.37. The minimum Gasteiger partial charge on any atom is -0.314 e. The third-order valence-corrected chi connectivity index (χ3v) is 4.38. The molecule has 1 N–H and O–H groups in total. The fourth-order valence-electron chi connectivity index (χ4n) is 2.68. The largest absolute Gasteiger partial charge is 0.314 e. The Hall–Kier alpha value is -0.450. The van der Waals surface area contributed by atoms with Gasteiger partial charge in [0, 0.05) is 18.0 Å². The van der Waals surface area contributed by atoms with Crippen LogP contribution in [0.5, 0.6) is 0 Å². The molecule has 0 aromatic carbocycles. The van der Waals surface area contributed by atoms with E-state index in [9.17, 15) is 0 Å². The fourth-order valence-corrected chi connectivity index (χ4v) is 3.26. The number of aromatic nitrogens is 1. The molecule has 2 heterocycles. The van der Waals surface area contributed by atoms with Crippen molar-refractivity contribution in [3.8, 4) is 0 Å². The van der Waals surface area contributed by atoms with Crippen LogP contribution in [0.3, 0.4) is 0 Å². The van der Waals surface area contributed by atoms with Crippen molar-refractivity contribution in [3.63, 3.8) is 0 Å². The Balaban J connectivity index is 1.66. The van der Waals surface area contributed by atoms with Gasteiger partial charge in [-0.1, -0.05) is 0 Å². The fraction of sp³-hybridized carbons (Fsp3) is 0.750. The highest BCUT2D eigenvalue weighted by molar-refractivity contribution is 7.07. The molecule has 2 aliphatic rings. The van der Waals surface area contributed by atoms with Crippen LogP contribution in [-0.2, 0) is 0 Å². The summed E-state index contributed by atoms with van der Waals surface area (Å²) in [5.41, 5.74) is 3.22. The molecule has 88 valence electrons. The van der Waals surface area contributed by atoms with Crippen LogP contribution >= 0.6 is 11.3 Å². The van der Waals surface area contributed by atoms with E-state index in [-0.39, 0.29) is 0 Å². The van der Waals surface area contributed by atoms with Crippen LogP contribution in [0.15, 0.2) is 10.9 Å². The topological polar surface area (TPSA) is 28.2 Å². The van der Waals surface area contributed by atoms with Gasteiger partial charge in [0.05, 0.1) is 17.2 Å². The molecule has 1 aliphatic heterocycles. The lowest BCUT2D eigenvalue weighted by molar-refractivity contribution is 0.267. The van der Waals surface area contributed by atoms with Crippen molar-refractivity contribution in [2.45, 2.75) is 31.3 Å². The van der Waals surface area contributed by atoms with E-state index in [1.165, 1.54) is 31.5 Å². The monoisotopic (exact) mass is 237 g/mol. The molecule has 0 amide bonds. The van der Waals surface area contributed by atoms with Crippen LogP contribution in [0.1, 0.15) is 31.0 Å². The summed E-state index contributed by atoms with van der Waals surface area (Å²) in [4.78, 5) is 6.94. The summed E-state index contributed by atoms with van der Waals surface area (Å²) >= 11 is 1.71. The average molecular weight is 237 g/mol. The van der Waals surface area contributed by atoms with Crippen molar-refractivity contribution in [2.24, 2.45) is 5.92 Å². The van der Waals surface area contributed by atoms with E-state index in [1.54, 1.807) is 11.3 Å². The highest BCUT2D eigenvalue weighted by Gasteiger charge is 2.35. The highest BCUT2D eigenvalue weighted by Crippen LogP contribution is 2.35. The molecule has 1 saturated heterocycles. The summed E-state index contributed by atoms with van der Waals surface area (Å²) in [7, 11) is 2.22. The van der Waals surface area contributed by atoms with Crippen molar-refractivity contribution in [1.29, 1.82) is 0 Å². The van der Waals surface area contributed by atoms with Crippen molar-refractivity contribution < 1.29 is 0 Å². The first-order valence-corrected chi connectivity index (χ1v) is 7.10. The maximum Gasteiger partial charge on any atom is 0.0795 e. The molecular weight excluding hydrogens is 218 g/mol. The quantitative estimate of drug-likeness (QED) is 0.867. The smallest absolute Gasteiger partial charge is 0.0795 e. The highest BCUT2D eigenvalue weighted by atomic mass is 32.1. The Bertz CT molecular complexity index is 334. The van der Waals surface area contributed by atoms with E-state index >= 15 is 0 Å². The number of nitrogens with one attached hydrogen (secondary N) is 1. The molecule has 3 rings (SSSR count). The Morgan fingerprint density at radius 2 is 2.38 bits per heavy atom. The number of rotatable bonds is 4. The van der Waals surface area contributed by atoms with Crippen molar-refractivity contribution in [1.82, 2.24) is 15.2 Å². The number of hydrogen-bond donors (Lipinski definition) is 1. The Morgan fingerprint density at radius 3 is 3.06 bits per heavy atom. The molecule has 16 heavy (non-hydrogen) atoms. The number of likely N-dealkylation sites (tertiary alicyclic amines) is 1. The summed E-state index contributed by atoms with van der Waals surface area (Å²) < 4.78 is 0. The zero-order valence-corrected chi connectivity index (χ0v) is 10.5. The predicted molar refractivity (Wildman–Crippen MR) is 66.6 cm³/mol. The number of hydrogen-bond acceptors (Lipinski definition) is 4. The van der Waals surface area contributed by atoms with Gasteiger partial charge in [0.1, 0.15) is 0 Å². The molecule has 1 aromatic rings. The van der Waals surface area contributed by atoms with E-state index in [1.807, 2.05) is 5.51 Å². The van der Waals surface area contributed by atoms with Gasteiger partial charge < -0.3 is 5.32 Å². The maximum atomic E-state index is 4.49. The molecule has 1 saturated carbocycles. The molecule has 3 nitrogen and oxygen atoms in total. The van der Waals surface area contributed by atoms with Crippen LogP contribution in [0.4, 0.5) is 0 Å². The second-order valence-corrected chi connectivity index (χ2v) is 5.79. The van der Waals surface area contributed by atoms with Gasteiger partial charge in [-0.15, -0.1) is 11.3 Å². The Kier molecular flexibility index (Phi) is 2.96. The lowest BCUT2D eigenvalue weighted by Gasteiger charge is -2.23. The molecule has 2 fully saturated rings. The molecule has 0 radical (unpaired) electrons.